The van der Waals surface area contributed by atoms with E-state index >= 15 is 0 Å². The first kappa shape index (κ1) is 16.4. The molecule has 7 nitrogen and oxygen atoms in total. The summed E-state index contributed by atoms with van der Waals surface area (Å²) in [5.74, 6) is -0.582. The smallest absolute Gasteiger partial charge is 0.322 e. The highest BCUT2D eigenvalue weighted by Crippen LogP contribution is 2.10. The number of anilines is 1. The Labute approximate surface area is 143 Å². The molecule has 0 aliphatic rings. The van der Waals surface area contributed by atoms with Gasteiger partial charge in [0.15, 0.2) is 0 Å². The Morgan fingerprint density at radius 3 is 2.76 bits per heavy atom. The number of nitrogens with zero attached hydrogens (tertiary/aromatic N) is 2. The molecule has 0 aliphatic heterocycles. The Balaban J connectivity index is 1.92. The Kier molecular flexibility index (Phi) is 4.56. The maximum atomic E-state index is 12.5. The normalized spacial score (nSPS) is 10.4. The molecular formula is C18H16N4O3. The van der Waals surface area contributed by atoms with Gasteiger partial charge in [-0.2, -0.15) is 0 Å². The third-order valence-electron chi connectivity index (χ3n) is 3.63. The van der Waals surface area contributed by atoms with Crippen LogP contribution in [0, 0.1) is 6.92 Å². The molecule has 0 saturated carbocycles. The van der Waals surface area contributed by atoms with Gasteiger partial charge in [-0.3, -0.25) is 19.1 Å². The molecule has 0 saturated heterocycles. The van der Waals surface area contributed by atoms with Crippen LogP contribution >= 0.6 is 0 Å². The van der Waals surface area contributed by atoms with Crippen LogP contribution < -0.4 is 16.6 Å². The molecule has 0 atom stereocenters. The van der Waals surface area contributed by atoms with Crippen LogP contribution in [-0.2, 0) is 6.54 Å². The number of carbonyl (C=O) groups is 1. The number of amides is 1. The molecule has 1 amide bonds. The van der Waals surface area contributed by atoms with E-state index in [4.69, 9.17) is 0 Å². The quantitative estimate of drug-likeness (QED) is 0.755. The zero-order chi connectivity index (χ0) is 17.8. The number of nitrogens with one attached hydrogen (secondary N) is 2. The van der Waals surface area contributed by atoms with E-state index in [2.05, 4.69) is 15.3 Å². The highest BCUT2D eigenvalue weighted by atomic mass is 16.2. The zero-order valence-corrected chi connectivity index (χ0v) is 13.5. The predicted octanol–water partition coefficient (Wildman–Crippen LogP) is 1.54. The van der Waals surface area contributed by atoms with Gasteiger partial charge < -0.3 is 10.3 Å². The Morgan fingerprint density at radius 2 is 2.04 bits per heavy atom. The topological polar surface area (TPSA) is 96.8 Å². The molecular weight excluding hydrogens is 320 g/mol. The van der Waals surface area contributed by atoms with E-state index in [9.17, 15) is 14.4 Å². The number of hydrogen-bond donors (Lipinski definition) is 2. The summed E-state index contributed by atoms with van der Waals surface area (Å²) in [5, 5.41) is 2.66. The first-order valence-corrected chi connectivity index (χ1v) is 7.65. The molecule has 2 heterocycles. The minimum atomic E-state index is -0.667. The lowest BCUT2D eigenvalue weighted by molar-refractivity contribution is 0.102. The molecule has 0 unspecified atom stereocenters. The summed E-state index contributed by atoms with van der Waals surface area (Å²) in [7, 11) is 0. The third-order valence-corrected chi connectivity index (χ3v) is 3.63. The van der Waals surface area contributed by atoms with Crippen molar-refractivity contribution in [3.05, 3.63) is 92.5 Å². The van der Waals surface area contributed by atoms with Gasteiger partial charge in [0.2, 0.25) is 0 Å². The maximum absolute atomic E-state index is 12.5. The van der Waals surface area contributed by atoms with Gasteiger partial charge >= 0.3 is 5.69 Å². The number of hydrogen-bond acceptors (Lipinski definition) is 4. The number of aromatic nitrogens is 3. The number of aryl methyl sites for hydroxylation is 1. The van der Waals surface area contributed by atoms with Crippen molar-refractivity contribution >= 4 is 11.6 Å². The highest BCUT2D eigenvalue weighted by molar-refractivity contribution is 6.03. The second-order valence-electron chi connectivity index (χ2n) is 5.54. The SMILES string of the molecule is Cc1cccc(NC(=O)c2c[nH]c(=O)n(Cc3ccccn3)c2=O)c1. The van der Waals surface area contributed by atoms with E-state index in [1.165, 1.54) is 0 Å². The molecule has 0 aliphatic carbocycles. The van der Waals surface area contributed by atoms with E-state index in [-0.39, 0.29) is 12.1 Å². The van der Waals surface area contributed by atoms with Crippen LogP contribution in [0.4, 0.5) is 5.69 Å². The average molecular weight is 336 g/mol. The number of aromatic amines is 1. The summed E-state index contributed by atoms with van der Waals surface area (Å²) < 4.78 is 0.952. The summed E-state index contributed by atoms with van der Waals surface area (Å²) in [5.41, 5.74) is 0.699. The van der Waals surface area contributed by atoms with Gasteiger partial charge in [-0.15, -0.1) is 0 Å². The summed E-state index contributed by atoms with van der Waals surface area (Å²) in [6.45, 7) is 1.88. The number of pyridine rings is 1. The molecule has 126 valence electrons. The van der Waals surface area contributed by atoms with Crippen LogP contribution in [0.3, 0.4) is 0 Å². The zero-order valence-electron chi connectivity index (χ0n) is 13.5. The maximum Gasteiger partial charge on any atom is 0.328 e. The fraction of sp³-hybridized carbons (Fsp3) is 0.111. The standard InChI is InChI=1S/C18H16N4O3/c1-12-5-4-7-13(9-12)21-16(23)15-10-20-18(25)22(17(15)24)11-14-6-2-3-8-19-14/h2-10H,11H2,1H3,(H,20,25)(H,21,23). The van der Waals surface area contributed by atoms with Crippen molar-refractivity contribution in [1.82, 2.24) is 14.5 Å². The molecule has 0 radical (unpaired) electrons. The van der Waals surface area contributed by atoms with E-state index < -0.39 is 17.2 Å². The van der Waals surface area contributed by atoms with E-state index in [0.29, 0.717) is 11.4 Å². The second-order valence-corrected chi connectivity index (χ2v) is 5.54. The van der Waals surface area contributed by atoms with Crippen molar-refractivity contribution < 1.29 is 4.79 Å². The van der Waals surface area contributed by atoms with Gasteiger partial charge in [0.25, 0.3) is 11.5 Å². The Bertz CT molecular complexity index is 1020. The molecule has 7 heteroatoms. The molecule has 2 aromatic heterocycles. The number of rotatable bonds is 4. The number of H-pyrrole nitrogens is 1. The van der Waals surface area contributed by atoms with E-state index in [1.807, 2.05) is 13.0 Å². The average Bonchev–Trinajstić information content (AvgIpc) is 2.59. The van der Waals surface area contributed by atoms with Gasteiger partial charge in [0, 0.05) is 18.1 Å². The Hall–Kier alpha value is -3.48. The summed E-state index contributed by atoms with van der Waals surface area (Å²) in [6, 6.07) is 12.4. The minimum absolute atomic E-state index is 0.0133. The van der Waals surface area contributed by atoms with Crippen molar-refractivity contribution in [3.8, 4) is 0 Å². The highest BCUT2D eigenvalue weighted by Gasteiger charge is 2.15. The fourth-order valence-electron chi connectivity index (χ4n) is 2.39. The molecule has 0 fully saturated rings. The second kappa shape index (κ2) is 6.96. The van der Waals surface area contributed by atoms with E-state index in [0.717, 1.165) is 16.3 Å². The van der Waals surface area contributed by atoms with Gasteiger partial charge in [0.05, 0.1) is 12.2 Å². The van der Waals surface area contributed by atoms with Crippen molar-refractivity contribution in [1.29, 1.82) is 0 Å². The lowest BCUT2D eigenvalue weighted by atomic mass is 10.2. The lowest BCUT2D eigenvalue weighted by Crippen LogP contribution is -2.39. The first-order valence-electron chi connectivity index (χ1n) is 7.65. The van der Waals surface area contributed by atoms with Crippen LogP contribution in [0.25, 0.3) is 0 Å². The van der Waals surface area contributed by atoms with Gasteiger partial charge in [-0.25, -0.2) is 4.79 Å². The van der Waals surface area contributed by atoms with E-state index in [1.54, 1.807) is 42.6 Å². The molecule has 0 spiro atoms. The van der Waals surface area contributed by atoms with Crippen molar-refractivity contribution in [2.75, 3.05) is 5.32 Å². The van der Waals surface area contributed by atoms with Crippen LogP contribution in [0.5, 0.6) is 0 Å². The Morgan fingerprint density at radius 1 is 1.20 bits per heavy atom. The van der Waals surface area contributed by atoms with Crippen molar-refractivity contribution in [2.24, 2.45) is 0 Å². The lowest BCUT2D eigenvalue weighted by Gasteiger charge is -2.08. The van der Waals surface area contributed by atoms with Crippen LogP contribution in [0.1, 0.15) is 21.6 Å². The molecule has 3 rings (SSSR count). The van der Waals surface area contributed by atoms with Gasteiger partial charge in [0.1, 0.15) is 5.56 Å². The fourth-order valence-corrected chi connectivity index (χ4v) is 2.39. The molecule has 25 heavy (non-hydrogen) atoms. The summed E-state index contributed by atoms with van der Waals surface area (Å²) in [6.07, 6.45) is 2.70. The van der Waals surface area contributed by atoms with Crippen molar-refractivity contribution in [2.45, 2.75) is 13.5 Å². The van der Waals surface area contributed by atoms with Crippen LogP contribution in [0.15, 0.2) is 64.4 Å². The van der Waals surface area contributed by atoms with Gasteiger partial charge in [-0.1, -0.05) is 18.2 Å². The number of carbonyl (C=O) groups excluding carboxylic acids is 1. The molecule has 0 bridgehead atoms. The predicted molar refractivity (Wildman–Crippen MR) is 93.8 cm³/mol. The molecule has 2 N–H and O–H groups in total. The first-order chi connectivity index (χ1) is 12.0. The van der Waals surface area contributed by atoms with Crippen LogP contribution in [-0.4, -0.2) is 20.4 Å². The third kappa shape index (κ3) is 3.72. The molecule has 3 aromatic rings. The minimum Gasteiger partial charge on any atom is -0.322 e. The largest absolute Gasteiger partial charge is 0.328 e. The van der Waals surface area contributed by atoms with Crippen LogP contribution in [0.2, 0.25) is 0 Å². The van der Waals surface area contributed by atoms with Gasteiger partial charge in [-0.05, 0) is 36.8 Å². The summed E-state index contributed by atoms with van der Waals surface area (Å²) >= 11 is 0. The summed E-state index contributed by atoms with van der Waals surface area (Å²) in [4.78, 5) is 43.4. The number of benzene rings is 1. The monoisotopic (exact) mass is 336 g/mol. The van der Waals surface area contributed by atoms with Crippen molar-refractivity contribution in [3.63, 3.8) is 0 Å². The molecule has 1 aromatic carbocycles.